The van der Waals surface area contributed by atoms with Gasteiger partial charge >= 0.3 is 0 Å². The van der Waals surface area contributed by atoms with Crippen LogP contribution in [-0.4, -0.2) is 40.2 Å². The van der Waals surface area contributed by atoms with E-state index < -0.39 is 0 Å². The molecule has 0 bridgehead atoms. The summed E-state index contributed by atoms with van der Waals surface area (Å²) in [4.78, 5) is 4.31. The Morgan fingerprint density at radius 3 is 2.95 bits per heavy atom. The lowest BCUT2D eigenvalue weighted by atomic mass is 9.96. The maximum absolute atomic E-state index is 4.31. The first-order valence-electron chi connectivity index (χ1n) is 8.12. The number of nitrogens with one attached hydrogen (secondary N) is 2. The van der Waals surface area contributed by atoms with Gasteiger partial charge in [-0.05, 0) is 25.0 Å². The van der Waals surface area contributed by atoms with Crippen LogP contribution in [0.4, 0.5) is 0 Å². The van der Waals surface area contributed by atoms with E-state index in [9.17, 15) is 0 Å². The van der Waals surface area contributed by atoms with E-state index in [2.05, 4.69) is 25.8 Å². The molecular formula is C16H24N6. The Bertz CT molecular complexity index is 626. The fraction of sp³-hybridized carbons (Fsp3) is 0.562. The normalized spacial score (nSPS) is 16.9. The average Bonchev–Trinajstić information content (AvgIpc) is 2.98. The van der Waals surface area contributed by atoms with Crippen LogP contribution in [0.2, 0.25) is 0 Å². The van der Waals surface area contributed by atoms with Crippen LogP contribution in [0, 0.1) is 0 Å². The number of hydrogen-bond donors (Lipinski definition) is 2. The molecule has 0 saturated heterocycles. The molecule has 0 amide bonds. The largest absolute Gasteiger partial charge is 0.356 e. The Kier molecular flexibility index (Phi) is 4.88. The van der Waals surface area contributed by atoms with Gasteiger partial charge in [0.15, 0.2) is 11.6 Å². The molecule has 1 fully saturated rings. The fourth-order valence-electron chi connectivity index (χ4n) is 2.99. The summed E-state index contributed by atoms with van der Waals surface area (Å²) in [6.45, 7) is 0.794. The highest BCUT2D eigenvalue weighted by molar-refractivity contribution is 5.79. The average molecular weight is 300 g/mol. The number of aliphatic imine (C=N–C) groups is 1. The summed E-state index contributed by atoms with van der Waals surface area (Å²) in [7, 11) is 1.82. The van der Waals surface area contributed by atoms with E-state index in [1.54, 1.807) is 0 Å². The second kappa shape index (κ2) is 7.24. The molecule has 22 heavy (non-hydrogen) atoms. The summed E-state index contributed by atoms with van der Waals surface area (Å²) in [5.74, 6) is 1.86. The van der Waals surface area contributed by atoms with Gasteiger partial charge in [0, 0.05) is 32.3 Å². The Balaban J connectivity index is 1.50. The van der Waals surface area contributed by atoms with E-state index in [4.69, 9.17) is 0 Å². The summed E-state index contributed by atoms with van der Waals surface area (Å²) in [6.07, 6.45) is 9.31. The zero-order valence-corrected chi connectivity index (χ0v) is 13.1. The SMILES string of the molecule is CN=C(NCCc1nnc2ccccn12)NC1CCCCC1. The Labute approximate surface area is 131 Å². The molecule has 3 rings (SSSR count). The van der Waals surface area contributed by atoms with Gasteiger partial charge in [-0.25, -0.2) is 0 Å². The van der Waals surface area contributed by atoms with Gasteiger partial charge in [-0.15, -0.1) is 10.2 Å². The fourth-order valence-corrected chi connectivity index (χ4v) is 2.99. The highest BCUT2D eigenvalue weighted by Crippen LogP contribution is 2.17. The number of pyridine rings is 1. The molecule has 1 aliphatic carbocycles. The summed E-state index contributed by atoms with van der Waals surface area (Å²) in [5, 5.41) is 15.3. The molecule has 0 atom stereocenters. The number of fused-ring (bicyclic) bond motifs is 1. The van der Waals surface area contributed by atoms with Gasteiger partial charge in [-0.1, -0.05) is 25.3 Å². The quantitative estimate of drug-likeness (QED) is 0.667. The van der Waals surface area contributed by atoms with Crippen molar-refractivity contribution < 1.29 is 0 Å². The Morgan fingerprint density at radius 1 is 1.27 bits per heavy atom. The van der Waals surface area contributed by atoms with Crippen molar-refractivity contribution in [3.8, 4) is 0 Å². The minimum Gasteiger partial charge on any atom is -0.356 e. The second-order valence-electron chi connectivity index (χ2n) is 5.77. The third kappa shape index (κ3) is 3.55. The van der Waals surface area contributed by atoms with Gasteiger partial charge in [-0.3, -0.25) is 9.39 Å². The van der Waals surface area contributed by atoms with Crippen LogP contribution >= 0.6 is 0 Å². The zero-order valence-electron chi connectivity index (χ0n) is 13.1. The molecule has 0 aromatic carbocycles. The van der Waals surface area contributed by atoms with Crippen LogP contribution in [0.1, 0.15) is 37.9 Å². The van der Waals surface area contributed by atoms with Crippen molar-refractivity contribution in [3.63, 3.8) is 0 Å². The molecule has 6 nitrogen and oxygen atoms in total. The molecule has 0 aliphatic heterocycles. The molecule has 0 spiro atoms. The maximum atomic E-state index is 4.31. The molecular weight excluding hydrogens is 276 g/mol. The summed E-state index contributed by atoms with van der Waals surface area (Å²) in [5.41, 5.74) is 0.891. The Morgan fingerprint density at radius 2 is 2.14 bits per heavy atom. The van der Waals surface area contributed by atoms with E-state index in [-0.39, 0.29) is 0 Å². The lowest BCUT2D eigenvalue weighted by Crippen LogP contribution is -2.44. The molecule has 1 aliphatic rings. The summed E-state index contributed by atoms with van der Waals surface area (Å²) in [6, 6.07) is 6.50. The molecule has 1 saturated carbocycles. The third-order valence-corrected chi connectivity index (χ3v) is 4.20. The predicted octanol–water partition coefficient (Wildman–Crippen LogP) is 1.77. The number of rotatable bonds is 4. The number of aromatic nitrogens is 3. The predicted molar refractivity (Wildman–Crippen MR) is 88.1 cm³/mol. The van der Waals surface area contributed by atoms with Crippen molar-refractivity contribution in [2.45, 2.75) is 44.6 Å². The molecule has 2 aromatic rings. The van der Waals surface area contributed by atoms with Crippen molar-refractivity contribution in [1.29, 1.82) is 0 Å². The van der Waals surface area contributed by atoms with E-state index in [0.29, 0.717) is 6.04 Å². The number of guanidine groups is 1. The summed E-state index contributed by atoms with van der Waals surface area (Å²) < 4.78 is 2.03. The molecule has 0 unspecified atom stereocenters. The molecule has 2 aromatic heterocycles. The smallest absolute Gasteiger partial charge is 0.191 e. The van der Waals surface area contributed by atoms with Crippen LogP contribution in [0.25, 0.3) is 5.65 Å². The van der Waals surface area contributed by atoms with E-state index in [1.165, 1.54) is 32.1 Å². The lowest BCUT2D eigenvalue weighted by molar-refractivity contribution is 0.410. The van der Waals surface area contributed by atoms with Crippen LogP contribution in [0.5, 0.6) is 0 Å². The van der Waals surface area contributed by atoms with E-state index in [0.717, 1.165) is 30.4 Å². The van der Waals surface area contributed by atoms with Gasteiger partial charge in [0.1, 0.15) is 5.82 Å². The highest BCUT2D eigenvalue weighted by Gasteiger charge is 2.14. The summed E-state index contributed by atoms with van der Waals surface area (Å²) >= 11 is 0. The minimum atomic E-state index is 0.564. The second-order valence-corrected chi connectivity index (χ2v) is 5.77. The Hall–Kier alpha value is -2.11. The standard InChI is InChI=1S/C16H24N6/c1-17-16(19-13-7-3-2-4-8-13)18-11-10-15-21-20-14-9-5-6-12-22(14)15/h5-6,9,12-13H,2-4,7-8,10-11H2,1H3,(H2,17,18,19). The zero-order chi connectivity index (χ0) is 15.2. The highest BCUT2D eigenvalue weighted by atomic mass is 15.2. The van der Waals surface area contributed by atoms with Crippen molar-refractivity contribution in [2.75, 3.05) is 13.6 Å². The van der Waals surface area contributed by atoms with E-state index in [1.807, 2.05) is 35.8 Å². The minimum absolute atomic E-state index is 0.564. The molecule has 118 valence electrons. The monoisotopic (exact) mass is 300 g/mol. The lowest BCUT2D eigenvalue weighted by Gasteiger charge is -2.24. The van der Waals surface area contributed by atoms with Gasteiger partial charge in [0.2, 0.25) is 0 Å². The third-order valence-electron chi connectivity index (χ3n) is 4.20. The van der Waals surface area contributed by atoms with Gasteiger partial charge in [0.25, 0.3) is 0 Å². The van der Waals surface area contributed by atoms with Crippen molar-refractivity contribution in [3.05, 3.63) is 30.2 Å². The molecule has 2 N–H and O–H groups in total. The van der Waals surface area contributed by atoms with Gasteiger partial charge in [0.05, 0.1) is 0 Å². The topological polar surface area (TPSA) is 66.6 Å². The van der Waals surface area contributed by atoms with Crippen molar-refractivity contribution in [1.82, 2.24) is 25.2 Å². The molecule has 6 heteroatoms. The van der Waals surface area contributed by atoms with E-state index >= 15 is 0 Å². The van der Waals surface area contributed by atoms with Crippen LogP contribution in [0.3, 0.4) is 0 Å². The van der Waals surface area contributed by atoms with Crippen molar-refractivity contribution >= 4 is 11.6 Å². The molecule has 0 radical (unpaired) electrons. The van der Waals surface area contributed by atoms with Crippen molar-refractivity contribution in [2.24, 2.45) is 4.99 Å². The van der Waals surface area contributed by atoms with Crippen LogP contribution < -0.4 is 10.6 Å². The maximum Gasteiger partial charge on any atom is 0.191 e. The molecule has 2 heterocycles. The van der Waals surface area contributed by atoms with Crippen LogP contribution in [0.15, 0.2) is 29.4 Å². The first-order valence-corrected chi connectivity index (χ1v) is 8.12. The first kappa shape index (κ1) is 14.8. The van der Waals surface area contributed by atoms with Gasteiger partial charge < -0.3 is 10.6 Å². The first-order chi connectivity index (χ1) is 10.9. The van der Waals surface area contributed by atoms with Gasteiger partial charge in [-0.2, -0.15) is 0 Å². The van der Waals surface area contributed by atoms with Crippen LogP contribution in [-0.2, 0) is 6.42 Å². The number of hydrogen-bond acceptors (Lipinski definition) is 3. The number of nitrogens with zero attached hydrogens (tertiary/aromatic N) is 4.